The number of nitrogens with zero attached hydrogens (tertiary/aromatic N) is 1. The minimum atomic E-state index is 0.352. The molecule has 0 bridgehead atoms. The molecule has 1 aromatic heterocycles. The molecule has 2 atom stereocenters. The van der Waals surface area contributed by atoms with Crippen LogP contribution in [0.4, 0.5) is 0 Å². The number of rotatable bonds is 3. The number of pyridine rings is 1. The van der Waals surface area contributed by atoms with E-state index in [4.69, 9.17) is 0 Å². The van der Waals surface area contributed by atoms with Gasteiger partial charge in [-0.3, -0.25) is 4.98 Å². The van der Waals surface area contributed by atoms with Crippen molar-refractivity contribution in [2.75, 3.05) is 0 Å². The van der Waals surface area contributed by atoms with Crippen LogP contribution in [0.25, 0.3) is 0 Å². The van der Waals surface area contributed by atoms with E-state index in [2.05, 4.69) is 50.1 Å². The minimum absolute atomic E-state index is 0.352. The van der Waals surface area contributed by atoms with Gasteiger partial charge in [0, 0.05) is 18.8 Å². The van der Waals surface area contributed by atoms with Crippen LogP contribution in [0.2, 0.25) is 0 Å². The molecular formula is C16H26N2. The van der Waals surface area contributed by atoms with Crippen LogP contribution in [-0.4, -0.2) is 11.0 Å². The Balaban J connectivity index is 2.01. The summed E-state index contributed by atoms with van der Waals surface area (Å²) in [6.07, 6.45) is 5.83. The predicted octanol–water partition coefficient (Wildman–Crippen LogP) is 3.78. The zero-order valence-electron chi connectivity index (χ0n) is 12.2. The van der Waals surface area contributed by atoms with Gasteiger partial charge in [-0.25, -0.2) is 0 Å². The Bertz CT molecular complexity index is 380. The molecule has 0 radical (unpaired) electrons. The third-order valence-electron chi connectivity index (χ3n) is 4.93. The van der Waals surface area contributed by atoms with Crippen LogP contribution >= 0.6 is 0 Å². The number of hydrogen-bond donors (Lipinski definition) is 1. The molecule has 1 heterocycles. The predicted molar refractivity (Wildman–Crippen MR) is 76.3 cm³/mol. The van der Waals surface area contributed by atoms with Crippen molar-refractivity contribution in [1.29, 1.82) is 0 Å². The van der Waals surface area contributed by atoms with E-state index in [1.807, 2.05) is 12.3 Å². The highest BCUT2D eigenvalue weighted by atomic mass is 15.0. The number of aromatic nitrogens is 1. The van der Waals surface area contributed by atoms with E-state index >= 15 is 0 Å². The average molecular weight is 246 g/mol. The van der Waals surface area contributed by atoms with Gasteiger partial charge in [0.05, 0.1) is 5.69 Å². The van der Waals surface area contributed by atoms with E-state index in [-0.39, 0.29) is 0 Å². The quantitative estimate of drug-likeness (QED) is 0.878. The normalized spacial score (nSPS) is 28.6. The van der Waals surface area contributed by atoms with Crippen LogP contribution in [0.15, 0.2) is 24.4 Å². The Hall–Kier alpha value is -0.890. The SMILES string of the molecule is CC(C)(C)C1(C)CCCC1NCc1ccccn1. The average Bonchev–Trinajstić information content (AvgIpc) is 2.70. The summed E-state index contributed by atoms with van der Waals surface area (Å²) in [5, 5.41) is 3.73. The molecular weight excluding hydrogens is 220 g/mol. The van der Waals surface area contributed by atoms with Crippen molar-refractivity contribution in [3.63, 3.8) is 0 Å². The first-order valence-corrected chi connectivity index (χ1v) is 7.07. The van der Waals surface area contributed by atoms with E-state index in [1.165, 1.54) is 19.3 Å². The fourth-order valence-corrected chi connectivity index (χ4v) is 3.12. The van der Waals surface area contributed by atoms with Gasteiger partial charge in [0.25, 0.3) is 0 Å². The zero-order chi connectivity index (χ0) is 13.2. The lowest BCUT2D eigenvalue weighted by Gasteiger charge is -2.44. The molecule has 0 spiro atoms. The highest BCUT2D eigenvalue weighted by Gasteiger charge is 2.46. The Morgan fingerprint density at radius 2 is 2.17 bits per heavy atom. The molecule has 2 heteroatoms. The lowest BCUT2D eigenvalue weighted by molar-refractivity contribution is 0.0799. The molecule has 18 heavy (non-hydrogen) atoms. The molecule has 1 N–H and O–H groups in total. The van der Waals surface area contributed by atoms with Gasteiger partial charge in [-0.15, -0.1) is 0 Å². The van der Waals surface area contributed by atoms with E-state index in [0.717, 1.165) is 12.2 Å². The van der Waals surface area contributed by atoms with Crippen LogP contribution in [0.1, 0.15) is 52.7 Å². The summed E-state index contributed by atoms with van der Waals surface area (Å²) in [7, 11) is 0. The van der Waals surface area contributed by atoms with Crippen LogP contribution in [0.3, 0.4) is 0 Å². The third kappa shape index (κ3) is 2.59. The zero-order valence-corrected chi connectivity index (χ0v) is 12.2. The second-order valence-corrected chi connectivity index (χ2v) is 6.81. The van der Waals surface area contributed by atoms with Crippen LogP contribution < -0.4 is 5.32 Å². The third-order valence-corrected chi connectivity index (χ3v) is 4.93. The Morgan fingerprint density at radius 1 is 1.39 bits per heavy atom. The van der Waals surface area contributed by atoms with Gasteiger partial charge >= 0.3 is 0 Å². The van der Waals surface area contributed by atoms with Crippen molar-refractivity contribution in [3.05, 3.63) is 30.1 Å². The van der Waals surface area contributed by atoms with Gasteiger partial charge in [0.15, 0.2) is 0 Å². The molecule has 1 saturated carbocycles. The fourth-order valence-electron chi connectivity index (χ4n) is 3.12. The Kier molecular flexibility index (Phi) is 3.76. The van der Waals surface area contributed by atoms with Gasteiger partial charge in [0.2, 0.25) is 0 Å². The summed E-state index contributed by atoms with van der Waals surface area (Å²) in [5.74, 6) is 0. The van der Waals surface area contributed by atoms with E-state index in [9.17, 15) is 0 Å². The maximum atomic E-state index is 4.39. The molecule has 2 nitrogen and oxygen atoms in total. The maximum Gasteiger partial charge on any atom is 0.0541 e. The topological polar surface area (TPSA) is 24.9 Å². The molecule has 1 aromatic rings. The van der Waals surface area contributed by atoms with Gasteiger partial charge in [-0.05, 0) is 35.8 Å². The van der Waals surface area contributed by atoms with Crippen molar-refractivity contribution >= 4 is 0 Å². The fraction of sp³-hybridized carbons (Fsp3) is 0.688. The lowest BCUT2D eigenvalue weighted by atomic mass is 9.64. The smallest absolute Gasteiger partial charge is 0.0541 e. The van der Waals surface area contributed by atoms with Crippen molar-refractivity contribution in [1.82, 2.24) is 10.3 Å². The number of nitrogens with one attached hydrogen (secondary N) is 1. The van der Waals surface area contributed by atoms with Gasteiger partial charge in [-0.1, -0.05) is 40.2 Å². The van der Waals surface area contributed by atoms with Crippen molar-refractivity contribution in [3.8, 4) is 0 Å². The largest absolute Gasteiger partial charge is 0.308 e. The summed E-state index contributed by atoms with van der Waals surface area (Å²) in [5.41, 5.74) is 1.88. The Labute approximate surface area is 111 Å². The minimum Gasteiger partial charge on any atom is -0.308 e. The molecule has 0 saturated heterocycles. The number of hydrogen-bond acceptors (Lipinski definition) is 2. The van der Waals surface area contributed by atoms with Gasteiger partial charge in [0.1, 0.15) is 0 Å². The first-order chi connectivity index (χ1) is 8.43. The van der Waals surface area contributed by atoms with Crippen molar-refractivity contribution in [2.45, 2.75) is 59.5 Å². The standard InChI is InChI=1S/C16H26N2/c1-15(2,3)16(4)10-7-9-14(16)18-12-13-8-5-6-11-17-13/h5-6,8,11,14,18H,7,9-10,12H2,1-4H3. The highest BCUT2D eigenvalue weighted by Crippen LogP contribution is 2.50. The molecule has 0 aromatic carbocycles. The summed E-state index contributed by atoms with van der Waals surface area (Å²) in [6.45, 7) is 10.4. The monoisotopic (exact) mass is 246 g/mol. The van der Waals surface area contributed by atoms with Crippen LogP contribution in [-0.2, 0) is 6.54 Å². The Morgan fingerprint density at radius 3 is 2.78 bits per heavy atom. The molecule has 1 aliphatic rings. The van der Waals surface area contributed by atoms with Crippen molar-refractivity contribution < 1.29 is 0 Å². The summed E-state index contributed by atoms with van der Waals surface area (Å²) in [6, 6.07) is 6.73. The molecule has 2 rings (SSSR count). The second-order valence-electron chi connectivity index (χ2n) is 6.81. The summed E-state index contributed by atoms with van der Waals surface area (Å²) in [4.78, 5) is 4.39. The van der Waals surface area contributed by atoms with Crippen LogP contribution in [0.5, 0.6) is 0 Å². The second kappa shape index (κ2) is 5.00. The van der Waals surface area contributed by atoms with E-state index in [0.29, 0.717) is 16.9 Å². The molecule has 100 valence electrons. The molecule has 0 aliphatic heterocycles. The highest BCUT2D eigenvalue weighted by molar-refractivity contribution is 5.05. The van der Waals surface area contributed by atoms with Gasteiger partial charge < -0.3 is 5.32 Å². The molecule has 1 fully saturated rings. The summed E-state index contributed by atoms with van der Waals surface area (Å²) < 4.78 is 0. The molecule has 1 aliphatic carbocycles. The lowest BCUT2D eigenvalue weighted by Crippen LogP contribution is -2.46. The first-order valence-electron chi connectivity index (χ1n) is 7.07. The van der Waals surface area contributed by atoms with Crippen LogP contribution in [0, 0.1) is 10.8 Å². The van der Waals surface area contributed by atoms with E-state index in [1.54, 1.807) is 0 Å². The van der Waals surface area contributed by atoms with Gasteiger partial charge in [-0.2, -0.15) is 0 Å². The maximum absolute atomic E-state index is 4.39. The molecule has 0 amide bonds. The van der Waals surface area contributed by atoms with Crippen molar-refractivity contribution in [2.24, 2.45) is 10.8 Å². The molecule has 2 unspecified atom stereocenters. The summed E-state index contributed by atoms with van der Waals surface area (Å²) >= 11 is 0. The van der Waals surface area contributed by atoms with E-state index < -0.39 is 0 Å². The first kappa shape index (κ1) is 13.5.